The lowest BCUT2D eigenvalue weighted by molar-refractivity contribution is -0.305. The van der Waals surface area contributed by atoms with E-state index in [0.717, 1.165) is 4.90 Å². The molecule has 0 spiro atoms. The Bertz CT molecular complexity index is 687. The van der Waals surface area contributed by atoms with Crippen molar-refractivity contribution in [2.45, 2.75) is 115 Å². The maximum atomic E-state index is 15.5. The summed E-state index contributed by atoms with van der Waals surface area (Å²) in [5.41, 5.74) is -2.70. The molecule has 0 aromatic carbocycles. The number of amides is 1. The van der Waals surface area contributed by atoms with Crippen molar-refractivity contribution in [3.05, 3.63) is 0 Å². The van der Waals surface area contributed by atoms with Gasteiger partial charge in [-0.25, -0.2) is 8.78 Å². The van der Waals surface area contributed by atoms with Crippen LogP contribution in [0.5, 0.6) is 0 Å². The van der Waals surface area contributed by atoms with Gasteiger partial charge in [0.05, 0.1) is 0 Å². The van der Waals surface area contributed by atoms with Gasteiger partial charge in [0.25, 0.3) is 11.8 Å². The fourth-order valence-corrected chi connectivity index (χ4v) is 6.07. The predicted octanol–water partition coefficient (Wildman–Crippen LogP) is 4.97. The molecule has 0 aromatic heterocycles. The van der Waals surface area contributed by atoms with Crippen LogP contribution in [0.25, 0.3) is 0 Å². The van der Waals surface area contributed by atoms with Gasteiger partial charge in [-0.3, -0.25) is 4.79 Å². The van der Waals surface area contributed by atoms with Crippen LogP contribution in [-0.4, -0.2) is 62.9 Å². The Balaban J connectivity index is 2.62. The maximum Gasteiger partial charge on any atom is 0.300 e. The molecule has 2 saturated heterocycles. The first-order valence-corrected chi connectivity index (χ1v) is 16.7. The molecule has 9 heteroatoms. The van der Waals surface area contributed by atoms with E-state index in [-0.39, 0.29) is 23.0 Å². The summed E-state index contributed by atoms with van der Waals surface area (Å²) in [6.45, 7) is 21.4. The fraction of sp³-hybridized carbons (Fsp3) is 0.952. The lowest BCUT2D eigenvalue weighted by Crippen LogP contribution is -2.70. The van der Waals surface area contributed by atoms with Crippen molar-refractivity contribution >= 4 is 22.5 Å². The lowest BCUT2D eigenvalue weighted by atomic mass is 9.84. The zero-order valence-electron chi connectivity index (χ0n) is 20.5. The van der Waals surface area contributed by atoms with Crippen LogP contribution in [-0.2, 0) is 13.6 Å². The number of carbonyl (C=O) groups excluding carboxylic acids is 1. The Kier molecular flexibility index (Phi) is 6.33. The maximum absolute atomic E-state index is 15.5. The molecule has 0 radical (unpaired) electrons. The highest BCUT2D eigenvalue weighted by molar-refractivity contribution is 6.74. The fourth-order valence-electron chi connectivity index (χ4n) is 3.58. The minimum absolute atomic E-state index is 0.0703. The molecule has 1 amide bonds. The molecule has 2 heterocycles. The van der Waals surface area contributed by atoms with Gasteiger partial charge >= 0.3 is 0 Å². The number of piperidine rings is 1. The average Bonchev–Trinajstić information content (AvgIpc) is 2.72. The van der Waals surface area contributed by atoms with Gasteiger partial charge in [0.2, 0.25) is 5.72 Å². The summed E-state index contributed by atoms with van der Waals surface area (Å²) < 4.78 is 43.8. The van der Waals surface area contributed by atoms with E-state index < -0.39 is 52.3 Å². The predicted molar refractivity (Wildman–Crippen MR) is 120 cm³/mol. The number of aliphatic hydroxyl groups is 1. The Labute approximate surface area is 182 Å². The molecule has 30 heavy (non-hydrogen) atoms. The summed E-state index contributed by atoms with van der Waals surface area (Å²) in [5, 5.41) is 11.0. The molecule has 0 bridgehead atoms. The Morgan fingerprint density at radius 3 is 1.87 bits per heavy atom. The van der Waals surface area contributed by atoms with E-state index in [0.29, 0.717) is 0 Å². The van der Waals surface area contributed by atoms with Gasteiger partial charge in [0.1, 0.15) is 6.10 Å². The van der Waals surface area contributed by atoms with Crippen molar-refractivity contribution in [1.29, 1.82) is 0 Å². The van der Waals surface area contributed by atoms with E-state index in [1.165, 1.54) is 6.92 Å². The third-order valence-corrected chi connectivity index (χ3v) is 16.9. The summed E-state index contributed by atoms with van der Waals surface area (Å²) >= 11 is 0. The second-order valence-electron chi connectivity index (χ2n) is 12.1. The van der Waals surface area contributed by atoms with Crippen LogP contribution in [0, 0.1) is 5.92 Å². The number of halogens is 2. The van der Waals surface area contributed by atoms with Crippen LogP contribution in [0.3, 0.4) is 0 Å². The van der Waals surface area contributed by atoms with Crippen molar-refractivity contribution < 1.29 is 27.5 Å². The topological polar surface area (TPSA) is 59.0 Å². The molecule has 0 aliphatic carbocycles. The number of alkyl halides is 2. The van der Waals surface area contributed by atoms with E-state index in [9.17, 15) is 9.90 Å². The first-order chi connectivity index (χ1) is 13.1. The molecule has 0 unspecified atom stereocenters. The Hall–Kier alpha value is -0.356. The van der Waals surface area contributed by atoms with Gasteiger partial charge in [0.15, 0.2) is 22.7 Å². The highest BCUT2D eigenvalue weighted by atomic mass is 28.4. The molecule has 2 aliphatic heterocycles. The smallest absolute Gasteiger partial charge is 0.300 e. The molecule has 5 nitrogen and oxygen atoms in total. The van der Waals surface area contributed by atoms with E-state index in [1.54, 1.807) is 0 Å². The molecule has 2 fully saturated rings. The van der Waals surface area contributed by atoms with Crippen LogP contribution in [0.1, 0.15) is 54.9 Å². The van der Waals surface area contributed by atoms with E-state index in [4.69, 9.17) is 8.85 Å². The van der Waals surface area contributed by atoms with Crippen LogP contribution in [0.2, 0.25) is 36.3 Å². The van der Waals surface area contributed by atoms with E-state index in [2.05, 4.69) is 0 Å². The van der Waals surface area contributed by atoms with Crippen molar-refractivity contribution in [1.82, 2.24) is 4.90 Å². The highest BCUT2D eigenvalue weighted by Gasteiger charge is 2.75. The first-order valence-electron chi connectivity index (χ1n) is 10.9. The summed E-state index contributed by atoms with van der Waals surface area (Å²) in [7, 11) is -5.11. The minimum atomic E-state index is -3.50. The quantitative estimate of drug-likeness (QED) is 0.595. The highest BCUT2D eigenvalue weighted by Crippen LogP contribution is 2.53. The third-order valence-electron chi connectivity index (χ3n) is 7.94. The van der Waals surface area contributed by atoms with Gasteiger partial charge in [0, 0.05) is 12.5 Å². The van der Waals surface area contributed by atoms with Crippen LogP contribution >= 0.6 is 0 Å². The zero-order valence-corrected chi connectivity index (χ0v) is 22.5. The van der Waals surface area contributed by atoms with Crippen LogP contribution in [0.15, 0.2) is 0 Å². The standard InChI is InChI=1S/C21H41F2NO4Si2/c1-14-12-13-24-17(25)15(27-29(8,9)18(2,3)4)16(21(24,26)20(14,22)23)28-30(10,11)19(5,6)7/h14-16,26H,12-13H2,1-11H3/t14-,15+,16+,21+/m0/s1. The summed E-state index contributed by atoms with van der Waals surface area (Å²) in [6, 6.07) is 0. The summed E-state index contributed by atoms with van der Waals surface area (Å²) in [6.07, 6.45) is -2.54. The van der Waals surface area contributed by atoms with Gasteiger partial charge in [-0.05, 0) is 42.7 Å². The number of hydrogen-bond acceptors (Lipinski definition) is 4. The molecule has 4 atom stereocenters. The van der Waals surface area contributed by atoms with Crippen LogP contribution < -0.4 is 0 Å². The first kappa shape index (κ1) is 25.9. The summed E-state index contributed by atoms with van der Waals surface area (Å²) in [5.74, 6) is -5.15. The van der Waals surface area contributed by atoms with Gasteiger partial charge in [-0.15, -0.1) is 0 Å². The van der Waals surface area contributed by atoms with E-state index >= 15 is 8.78 Å². The monoisotopic (exact) mass is 465 g/mol. The number of fused-ring (bicyclic) bond motifs is 1. The number of carbonyl (C=O) groups is 1. The normalized spacial score (nSPS) is 33.1. The molecule has 2 rings (SSSR count). The zero-order chi connectivity index (χ0) is 23.7. The molecular formula is C21H41F2NO4Si2. The van der Waals surface area contributed by atoms with Crippen molar-refractivity contribution in [3.8, 4) is 0 Å². The van der Waals surface area contributed by atoms with Gasteiger partial charge in [-0.2, -0.15) is 0 Å². The molecule has 0 saturated carbocycles. The third kappa shape index (κ3) is 3.82. The molecule has 0 aromatic rings. The van der Waals surface area contributed by atoms with Crippen LogP contribution in [0.4, 0.5) is 8.78 Å². The minimum Gasteiger partial charge on any atom is -0.406 e. The lowest BCUT2D eigenvalue weighted by Gasteiger charge is -2.51. The largest absolute Gasteiger partial charge is 0.406 e. The number of hydrogen-bond donors (Lipinski definition) is 1. The van der Waals surface area contributed by atoms with Crippen molar-refractivity contribution in [2.75, 3.05) is 6.54 Å². The SMILES string of the molecule is C[C@H]1CCN2C(=O)[C@H](O[Si](C)(C)C(C)(C)C)[C@@H](O[Si](C)(C)C(C)(C)C)[C@@]2(O)C1(F)F. The van der Waals surface area contributed by atoms with E-state index in [1.807, 2.05) is 67.7 Å². The second-order valence-corrected chi connectivity index (χ2v) is 21.6. The Morgan fingerprint density at radius 1 is 1.00 bits per heavy atom. The average molecular weight is 466 g/mol. The number of nitrogens with zero attached hydrogens (tertiary/aromatic N) is 1. The number of rotatable bonds is 4. The molecule has 1 N–H and O–H groups in total. The Morgan fingerprint density at radius 2 is 1.43 bits per heavy atom. The molecular weight excluding hydrogens is 424 g/mol. The van der Waals surface area contributed by atoms with Crippen molar-refractivity contribution in [3.63, 3.8) is 0 Å². The van der Waals surface area contributed by atoms with Crippen molar-refractivity contribution in [2.24, 2.45) is 5.92 Å². The van der Waals surface area contributed by atoms with Gasteiger partial charge in [-0.1, -0.05) is 48.5 Å². The molecule has 176 valence electrons. The molecule has 2 aliphatic rings. The van der Waals surface area contributed by atoms with Gasteiger partial charge < -0.3 is 18.9 Å². The summed E-state index contributed by atoms with van der Waals surface area (Å²) in [4.78, 5) is 14.3. The second kappa shape index (κ2) is 7.33.